The molecule has 1 heterocycles. The van der Waals surface area contributed by atoms with Gasteiger partial charge in [-0.3, -0.25) is 4.79 Å². The molecule has 1 amide bonds. The van der Waals surface area contributed by atoms with Crippen molar-refractivity contribution in [2.24, 2.45) is 17.8 Å². The van der Waals surface area contributed by atoms with Crippen LogP contribution in [0.15, 0.2) is 4.52 Å². The summed E-state index contributed by atoms with van der Waals surface area (Å²) in [7, 11) is 0. The highest BCUT2D eigenvalue weighted by Crippen LogP contribution is 2.37. The van der Waals surface area contributed by atoms with Crippen LogP contribution in [0.25, 0.3) is 0 Å². The van der Waals surface area contributed by atoms with Gasteiger partial charge in [0.2, 0.25) is 11.8 Å². The molecular weight excluding hydrogens is 342 g/mol. The molecule has 1 aromatic heterocycles. The SMILES string of the molecule is Cc1nc(C2(NC(=O)COC3CC(C)CCC3C(C)C)CCCCC2)no1. The highest BCUT2D eigenvalue weighted by atomic mass is 16.5. The predicted molar refractivity (Wildman–Crippen MR) is 103 cm³/mol. The Labute approximate surface area is 162 Å². The highest BCUT2D eigenvalue weighted by molar-refractivity contribution is 5.78. The van der Waals surface area contributed by atoms with Crippen molar-refractivity contribution in [2.75, 3.05) is 6.61 Å². The van der Waals surface area contributed by atoms with Crippen molar-refractivity contribution in [3.63, 3.8) is 0 Å². The molecule has 2 fully saturated rings. The Bertz CT molecular complexity index is 622. The van der Waals surface area contributed by atoms with Gasteiger partial charge in [-0.25, -0.2) is 0 Å². The third kappa shape index (κ3) is 4.89. The van der Waals surface area contributed by atoms with E-state index in [9.17, 15) is 4.79 Å². The number of hydrogen-bond acceptors (Lipinski definition) is 5. The smallest absolute Gasteiger partial charge is 0.246 e. The molecule has 0 saturated heterocycles. The molecule has 1 aromatic rings. The van der Waals surface area contributed by atoms with E-state index in [-0.39, 0.29) is 18.6 Å². The van der Waals surface area contributed by atoms with Gasteiger partial charge in [-0.2, -0.15) is 4.98 Å². The number of carbonyl (C=O) groups excluding carboxylic acids is 1. The molecule has 3 unspecified atom stereocenters. The molecule has 2 aliphatic rings. The molecule has 0 aromatic carbocycles. The van der Waals surface area contributed by atoms with Crippen LogP contribution in [0.1, 0.15) is 83.9 Å². The van der Waals surface area contributed by atoms with Gasteiger partial charge in [0.1, 0.15) is 12.1 Å². The second kappa shape index (κ2) is 8.72. The number of nitrogens with zero attached hydrogens (tertiary/aromatic N) is 2. The summed E-state index contributed by atoms with van der Waals surface area (Å²) >= 11 is 0. The van der Waals surface area contributed by atoms with Gasteiger partial charge in [0, 0.05) is 6.92 Å². The molecule has 6 heteroatoms. The number of nitrogens with one attached hydrogen (secondary N) is 1. The number of hydrogen-bond donors (Lipinski definition) is 1. The van der Waals surface area contributed by atoms with Gasteiger partial charge in [-0.05, 0) is 43.4 Å². The molecule has 2 saturated carbocycles. The lowest BCUT2D eigenvalue weighted by molar-refractivity contribution is -0.134. The Morgan fingerprint density at radius 2 is 2.04 bits per heavy atom. The first kappa shape index (κ1) is 20.3. The molecule has 27 heavy (non-hydrogen) atoms. The summed E-state index contributed by atoms with van der Waals surface area (Å²) in [5.41, 5.74) is -0.506. The van der Waals surface area contributed by atoms with E-state index >= 15 is 0 Å². The summed E-state index contributed by atoms with van der Waals surface area (Å²) in [6, 6.07) is 0. The molecule has 3 atom stereocenters. The minimum absolute atomic E-state index is 0.0694. The van der Waals surface area contributed by atoms with Crippen molar-refractivity contribution >= 4 is 5.91 Å². The Morgan fingerprint density at radius 1 is 1.30 bits per heavy atom. The van der Waals surface area contributed by atoms with Crippen LogP contribution in [0.5, 0.6) is 0 Å². The third-order valence-corrected chi connectivity index (χ3v) is 6.43. The van der Waals surface area contributed by atoms with Gasteiger partial charge < -0.3 is 14.6 Å². The Kier molecular flexibility index (Phi) is 6.56. The van der Waals surface area contributed by atoms with Crippen molar-refractivity contribution in [2.45, 2.75) is 90.7 Å². The lowest BCUT2D eigenvalue weighted by Crippen LogP contribution is -2.49. The summed E-state index contributed by atoms with van der Waals surface area (Å²) in [6.45, 7) is 8.69. The zero-order chi connectivity index (χ0) is 19.4. The first-order valence-electron chi connectivity index (χ1n) is 10.6. The molecule has 0 bridgehead atoms. The van der Waals surface area contributed by atoms with Crippen LogP contribution in [0.4, 0.5) is 0 Å². The van der Waals surface area contributed by atoms with E-state index in [2.05, 4.69) is 36.2 Å². The average molecular weight is 378 g/mol. The quantitative estimate of drug-likeness (QED) is 0.806. The standard InChI is InChI=1S/C21H35N3O3/c1-14(2)17-9-8-15(3)12-18(17)26-13-19(25)23-21(10-6-5-7-11-21)20-22-16(4)27-24-20/h14-15,17-18H,5-13H2,1-4H3,(H,23,25). The molecule has 0 aliphatic heterocycles. The van der Waals surface area contributed by atoms with Crippen molar-refractivity contribution in [1.29, 1.82) is 0 Å². The number of ether oxygens (including phenoxy) is 1. The fourth-order valence-corrected chi connectivity index (χ4v) is 4.85. The highest BCUT2D eigenvalue weighted by Gasteiger charge is 2.40. The lowest BCUT2D eigenvalue weighted by Gasteiger charge is -2.38. The number of amides is 1. The third-order valence-electron chi connectivity index (χ3n) is 6.43. The summed E-state index contributed by atoms with van der Waals surface area (Å²) in [5.74, 6) is 2.87. The molecule has 152 valence electrons. The van der Waals surface area contributed by atoms with E-state index in [1.807, 2.05) is 0 Å². The van der Waals surface area contributed by atoms with Crippen molar-refractivity contribution in [1.82, 2.24) is 15.5 Å². The monoisotopic (exact) mass is 377 g/mol. The zero-order valence-corrected chi connectivity index (χ0v) is 17.3. The van der Waals surface area contributed by atoms with E-state index < -0.39 is 5.54 Å². The summed E-state index contributed by atoms with van der Waals surface area (Å²) in [6.07, 6.45) is 8.68. The van der Waals surface area contributed by atoms with Gasteiger partial charge >= 0.3 is 0 Å². The number of aryl methyl sites for hydroxylation is 1. The molecule has 0 radical (unpaired) electrons. The number of aromatic nitrogens is 2. The molecule has 2 aliphatic carbocycles. The lowest BCUT2D eigenvalue weighted by atomic mass is 9.75. The van der Waals surface area contributed by atoms with Crippen molar-refractivity contribution < 1.29 is 14.1 Å². The largest absolute Gasteiger partial charge is 0.368 e. The average Bonchev–Trinajstić information content (AvgIpc) is 3.08. The van der Waals surface area contributed by atoms with Crippen LogP contribution < -0.4 is 5.32 Å². The Morgan fingerprint density at radius 3 is 2.67 bits per heavy atom. The molecule has 0 spiro atoms. The maximum absolute atomic E-state index is 12.8. The summed E-state index contributed by atoms with van der Waals surface area (Å²) < 4.78 is 11.3. The van der Waals surface area contributed by atoms with Crippen molar-refractivity contribution in [3.05, 3.63) is 11.7 Å². The van der Waals surface area contributed by atoms with Crippen LogP contribution in [0, 0.1) is 24.7 Å². The second-order valence-electron chi connectivity index (χ2n) is 9.00. The van der Waals surface area contributed by atoms with E-state index in [1.165, 1.54) is 19.3 Å². The fourth-order valence-electron chi connectivity index (χ4n) is 4.85. The van der Waals surface area contributed by atoms with Gasteiger partial charge in [-0.15, -0.1) is 0 Å². The topological polar surface area (TPSA) is 77.2 Å². The second-order valence-corrected chi connectivity index (χ2v) is 9.00. The van der Waals surface area contributed by atoms with E-state index in [4.69, 9.17) is 9.26 Å². The number of carbonyl (C=O) groups is 1. The van der Waals surface area contributed by atoms with Gasteiger partial charge in [0.15, 0.2) is 5.82 Å². The van der Waals surface area contributed by atoms with E-state index in [1.54, 1.807) is 6.92 Å². The van der Waals surface area contributed by atoms with Crippen molar-refractivity contribution in [3.8, 4) is 0 Å². The molecule has 3 rings (SSSR count). The van der Waals surface area contributed by atoms with Crippen LogP contribution in [-0.4, -0.2) is 28.8 Å². The van der Waals surface area contributed by atoms with Gasteiger partial charge in [-0.1, -0.05) is 51.6 Å². The normalized spacial score (nSPS) is 28.3. The van der Waals surface area contributed by atoms with Crippen LogP contribution in [0.3, 0.4) is 0 Å². The Balaban J connectivity index is 1.62. The predicted octanol–water partition coefficient (Wildman–Crippen LogP) is 4.13. The van der Waals surface area contributed by atoms with Gasteiger partial charge in [0.05, 0.1) is 6.10 Å². The van der Waals surface area contributed by atoms with E-state index in [0.29, 0.717) is 29.5 Å². The fraction of sp³-hybridized carbons (Fsp3) is 0.857. The maximum Gasteiger partial charge on any atom is 0.246 e. The molecule has 1 N–H and O–H groups in total. The van der Waals surface area contributed by atoms with Crippen LogP contribution in [0.2, 0.25) is 0 Å². The summed E-state index contributed by atoms with van der Waals surface area (Å²) in [5, 5.41) is 7.33. The molecule has 6 nitrogen and oxygen atoms in total. The Hall–Kier alpha value is -1.43. The first-order chi connectivity index (χ1) is 12.9. The van der Waals surface area contributed by atoms with Gasteiger partial charge in [0.25, 0.3) is 0 Å². The first-order valence-corrected chi connectivity index (χ1v) is 10.6. The zero-order valence-electron chi connectivity index (χ0n) is 17.3. The molecular formula is C21H35N3O3. The van der Waals surface area contributed by atoms with E-state index in [0.717, 1.165) is 32.1 Å². The van der Waals surface area contributed by atoms with Crippen LogP contribution in [-0.2, 0) is 15.1 Å². The van der Waals surface area contributed by atoms with Crippen LogP contribution >= 0.6 is 0 Å². The minimum Gasteiger partial charge on any atom is -0.368 e. The maximum atomic E-state index is 12.8. The number of rotatable bonds is 6. The summed E-state index contributed by atoms with van der Waals surface area (Å²) in [4.78, 5) is 17.2. The minimum atomic E-state index is -0.506.